The number of hydrogen-bond acceptors (Lipinski definition) is 7. The first-order valence-electron chi connectivity index (χ1n) is 10.4. The van der Waals surface area contributed by atoms with Crippen molar-refractivity contribution in [3.05, 3.63) is 36.5 Å². The maximum absolute atomic E-state index is 13.5. The van der Waals surface area contributed by atoms with Gasteiger partial charge in [0.2, 0.25) is 17.7 Å². The number of carbonyl (C=O) groups excluding carboxylic acids is 1. The van der Waals surface area contributed by atoms with Gasteiger partial charge in [-0.05, 0) is 37.8 Å². The molecule has 0 bridgehead atoms. The van der Waals surface area contributed by atoms with E-state index >= 15 is 0 Å². The summed E-state index contributed by atoms with van der Waals surface area (Å²) < 4.78 is 18.4. The van der Waals surface area contributed by atoms with Gasteiger partial charge >= 0.3 is 0 Å². The molecule has 1 aliphatic carbocycles. The van der Waals surface area contributed by atoms with E-state index in [0.29, 0.717) is 5.95 Å². The first-order chi connectivity index (χ1) is 14.6. The van der Waals surface area contributed by atoms with Gasteiger partial charge < -0.3 is 19.9 Å². The Labute approximate surface area is 175 Å². The summed E-state index contributed by atoms with van der Waals surface area (Å²) in [6.45, 7) is 3.15. The van der Waals surface area contributed by atoms with E-state index < -0.39 is 5.82 Å². The Bertz CT molecular complexity index is 852. The number of nitrogens with zero attached hydrogens (tertiary/aromatic N) is 5. The third-order valence-corrected chi connectivity index (χ3v) is 5.92. The van der Waals surface area contributed by atoms with Crippen LogP contribution in [0.4, 0.5) is 16.0 Å². The Balaban J connectivity index is 1.25. The average Bonchev–Trinajstić information content (AvgIpc) is 2.81. The normalized spacial score (nSPS) is 21.9. The van der Waals surface area contributed by atoms with Gasteiger partial charge in [-0.1, -0.05) is 0 Å². The lowest BCUT2D eigenvalue weighted by molar-refractivity contribution is -0.136. The zero-order valence-corrected chi connectivity index (χ0v) is 17.1. The molecule has 4 rings (SSSR count). The lowest BCUT2D eigenvalue weighted by atomic mass is 9.85. The summed E-state index contributed by atoms with van der Waals surface area (Å²) >= 11 is 0. The smallest absolute Gasteiger partial charge is 0.255 e. The molecule has 1 aliphatic heterocycles. The molecular formula is C21H27FN6O2. The molecule has 9 heteroatoms. The summed E-state index contributed by atoms with van der Waals surface area (Å²) in [5.74, 6) is 0.0352. The van der Waals surface area contributed by atoms with Crippen LogP contribution in [0.3, 0.4) is 0 Å². The highest BCUT2D eigenvalue weighted by Gasteiger charge is 2.31. The minimum Gasteiger partial charge on any atom is -0.479 e. The fourth-order valence-electron chi connectivity index (χ4n) is 4.22. The Hall–Kier alpha value is -2.97. The van der Waals surface area contributed by atoms with E-state index in [4.69, 9.17) is 4.74 Å². The molecule has 1 saturated heterocycles. The van der Waals surface area contributed by atoms with Crippen LogP contribution >= 0.6 is 0 Å². The van der Waals surface area contributed by atoms with Crippen LogP contribution in [0.2, 0.25) is 0 Å². The number of halogens is 1. The van der Waals surface area contributed by atoms with Crippen molar-refractivity contribution < 1.29 is 13.9 Å². The van der Waals surface area contributed by atoms with Crippen LogP contribution in [-0.4, -0.2) is 65.1 Å². The predicted molar refractivity (Wildman–Crippen MR) is 111 cm³/mol. The summed E-state index contributed by atoms with van der Waals surface area (Å²) in [5.41, 5.74) is 1.11. The van der Waals surface area contributed by atoms with Crippen molar-refractivity contribution in [3.8, 4) is 5.88 Å². The largest absolute Gasteiger partial charge is 0.479 e. The second kappa shape index (κ2) is 9.23. The fourth-order valence-corrected chi connectivity index (χ4v) is 4.22. The zero-order valence-electron chi connectivity index (χ0n) is 17.1. The molecule has 160 valence electrons. The maximum Gasteiger partial charge on any atom is 0.255 e. The van der Waals surface area contributed by atoms with E-state index in [1.807, 2.05) is 17.2 Å². The summed E-state index contributed by atoms with van der Waals surface area (Å²) in [6, 6.07) is 4.16. The van der Waals surface area contributed by atoms with Gasteiger partial charge in [0.15, 0.2) is 0 Å². The van der Waals surface area contributed by atoms with Crippen LogP contribution in [0, 0.1) is 11.7 Å². The summed E-state index contributed by atoms with van der Waals surface area (Å²) in [4.78, 5) is 29.4. The molecule has 1 amide bonds. The first-order valence-corrected chi connectivity index (χ1v) is 10.4. The second-order valence-electron chi connectivity index (χ2n) is 7.77. The topological polar surface area (TPSA) is 83.5 Å². The molecular weight excluding hydrogens is 387 g/mol. The van der Waals surface area contributed by atoms with Crippen LogP contribution in [0.15, 0.2) is 30.7 Å². The molecule has 0 unspecified atom stereocenters. The molecule has 1 saturated carbocycles. The quantitative estimate of drug-likeness (QED) is 0.804. The summed E-state index contributed by atoms with van der Waals surface area (Å²) in [7, 11) is 1.38. The lowest BCUT2D eigenvalue weighted by Crippen LogP contribution is -2.51. The molecule has 2 aromatic heterocycles. The lowest BCUT2D eigenvalue weighted by Gasteiger charge is -2.38. The van der Waals surface area contributed by atoms with E-state index in [1.54, 1.807) is 6.20 Å². The molecule has 0 radical (unpaired) electrons. The minimum atomic E-state index is -0.582. The third-order valence-electron chi connectivity index (χ3n) is 5.92. The van der Waals surface area contributed by atoms with Crippen molar-refractivity contribution in [1.82, 2.24) is 19.9 Å². The second-order valence-corrected chi connectivity index (χ2v) is 7.77. The number of ether oxygens (including phenoxy) is 1. The molecule has 0 aromatic carbocycles. The van der Waals surface area contributed by atoms with Crippen LogP contribution < -0.4 is 15.0 Å². The van der Waals surface area contributed by atoms with Crippen LogP contribution in [-0.2, 0) is 4.79 Å². The van der Waals surface area contributed by atoms with Gasteiger partial charge in [0.1, 0.15) is 0 Å². The number of hydrogen-bond donors (Lipinski definition) is 1. The van der Waals surface area contributed by atoms with Crippen molar-refractivity contribution >= 4 is 17.5 Å². The van der Waals surface area contributed by atoms with Crippen LogP contribution in [0.25, 0.3) is 0 Å². The molecule has 3 heterocycles. The van der Waals surface area contributed by atoms with Crippen molar-refractivity contribution in [3.63, 3.8) is 0 Å². The predicted octanol–water partition coefficient (Wildman–Crippen LogP) is 2.34. The Morgan fingerprint density at radius 1 is 1.17 bits per heavy atom. The van der Waals surface area contributed by atoms with Gasteiger partial charge in [0, 0.05) is 44.3 Å². The van der Waals surface area contributed by atoms with Crippen LogP contribution in [0.5, 0.6) is 5.88 Å². The highest BCUT2D eigenvalue weighted by atomic mass is 19.1. The molecule has 2 fully saturated rings. The minimum absolute atomic E-state index is 0.0664. The van der Waals surface area contributed by atoms with E-state index in [2.05, 4.69) is 31.2 Å². The van der Waals surface area contributed by atoms with Gasteiger partial charge in [-0.25, -0.2) is 4.98 Å². The van der Waals surface area contributed by atoms with E-state index in [-0.39, 0.29) is 23.7 Å². The van der Waals surface area contributed by atoms with Crippen molar-refractivity contribution in [1.29, 1.82) is 0 Å². The van der Waals surface area contributed by atoms with Gasteiger partial charge in [-0.2, -0.15) is 9.37 Å². The molecule has 0 atom stereocenters. The van der Waals surface area contributed by atoms with Crippen molar-refractivity contribution in [2.24, 2.45) is 5.92 Å². The SMILES string of the molecule is COc1nc(NC2CCC(C(=O)N3CCN(c4cccnc4)CC3)CC2)ncc1F. The molecule has 2 aliphatic rings. The monoisotopic (exact) mass is 414 g/mol. The number of rotatable bonds is 5. The number of pyridine rings is 1. The fraction of sp³-hybridized carbons (Fsp3) is 0.524. The highest BCUT2D eigenvalue weighted by Crippen LogP contribution is 2.28. The van der Waals surface area contributed by atoms with Gasteiger partial charge in [0.05, 0.1) is 25.2 Å². The number of nitrogens with one attached hydrogen (secondary N) is 1. The van der Waals surface area contributed by atoms with Gasteiger partial charge in [-0.3, -0.25) is 9.78 Å². The highest BCUT2D eigenvalue weighted by molar-refractivity contribution is 5.79. The Kier molecular flexibility index (Phi) is 6.25. The number of carbonyl (C=O) groups is 1. The summed E-state index contributed by atoms with van der Waals surface area (Å²) in [5, 5.41) is 3.24. The maximum atomic E-state index is 13.5. The zero-order chi connectivity index (χ0) is 20.9. The number of piperazine rings is 1. The number of amides is 1. The van der Waals surface area contributed by atoms with E-state index in [0.717, 1.165) is 63.7 Å². The van der Waals surface area contributed by atoms with Crippen molar-refractivity contribution in [2.75, 3.05) is 43.5 Å². The Morgan fingerprint density at radius 2 is 1.93 bits per heavy atom. The molecule has 2 aromatic rings. The third kappa shape index (κ3) is 4.60. The van der Waals surface area contributed by atoms with Gasteiger partial charge in [-0.15, -0.1) is 0 Å². The molecule has 30 heavy (non-hydrogen) atoms. The number of anilines is 2. The first kappa shape index (κ1) is 20.3. The average molecular weight is 414 g/mol. The number of methoxy groups -OCH3 is 1. The summed E-state index contributed by atoms with van der Waals surface area (Å²) in [6.07, 6.45) is 8.12. The Morgan fingerprint density at radius 3 is 2.60 bits per heavy atom. The van der Waals surface area contributed by atoms with Gasteiger partial charge in [0.25, 0.3) is 5.88 Å². The number of aromatic nitrogens is 3. The van der Waals surface area contributed by atoms with E-state index in [1.165, 1.54) is 7.11 Å². The molecule has 1 N–H and O–H groups in total. The van der Waals surface area contributed by atoms with Crippen LogP contribution in [0.1, 0.15) is 25.7 Å². The van der Waals surface area contributed by atoms with Crippen molar-refractivity contribution in [2.45, 2.75) is 31.7 Å². The molecule has 0 spiro atoms. The van der Waals surface area contributed by atoms with E-state index in [9.17, 15) is 9.18 Å². The standard InChI is InChI=1S/C21H27FN6O2/c1-30-19-18(22)14-24-21(26-19)25-16-6-4-15(5-7-16)20(29)28-11-9-27(10-12-28)17-3-2-8-23-13-17/h2-3,8,13-16H,4-7,9-12H2,1H3,(H,24,25,26). The molecule has 8 nitrogen and oxygen atoms in total.